The smallest absolute Gasteiger partial charge is 0.315 e. The number of carbonyl (C=O) groups excluding carboxylic acids is 10. The minimum atomic E-state index is -1.37. The molecule has 4 aromatic rings. The van der Waals surface area contributed by atoms with E-state index in [9.17, 15) is 47.9 Å². The van der Waals surface area contributed by atoms with Gasteiger partial charge in [0.25, 0.3) is 0 Å². The molecule has 3 aliphatic rings. The van der Waals surface area contributed by atoms with Crippen molar-refractivity contribution < 1.29 is 47.9 Å². The molecular formula is C58H81N17O10S. The topological polar surface area (TPSA) is 408 Å². The first-order valence-electron chi connectivity index (χ1n) is 29.4. The van der Waals surface area contributed by atoms with Crippen molar-refractivity contribution >= 4 is 87.8 Å². The fourth-order valence-corrected chi connectivity index (χ4v) is 12.3. The molecule has 3 fully saturated rings. The second-order valence-corrected chi connectivity index (χ2v) is 23.1. The standard InChI is InChI=1S/C58H81N17O10S/c59-47(76)31-74-25-12-11-23-64-49(78)32-75(51(80)21-5-2-10-22-63-48(77)20-9-8-19-46-52-45(34-86-46)72-58(85)73-52)33-50(79)68-43(28-38-30-62-35-67-38)55(83)70-42(26-36-14-3-1-4-15-36)54(82)69-41(18-13-24-65-57(60)61)53(81)71-44(56(74)84)27-37-29-66-40-17-7-6-16-39(37)40/h1,3-4,6-7,14-17,29-30,35,41-46,52,66H,2,5,8-13,18-28,31-34H2,(H2,59,76)(H,62,67)(H,63,77)(H,64,78)(H,68,79)(H,69,82)(H,70,83)(H,71,81)(H4,60,61,65)(H2,72,73,85)/t41-,42+,43-,44-,45-,46-,52-/m0/s1. The third-order valence-electron chi connectivity index (χ3n) is 15.2. The van der Waals surface area contributed by atoms with Crippen molar-refractivity contribution in [2.24, 2.45) is 22.2 Å². The molecule has 0 radical (unpaired) electrons. The summed E-state index contributed by atoms with van der Waals surface area (Å²) in [5.74, 6) is -5.14. The average molecular weight is 1210 g/mol. The number of para-hydroxylation sites is 1. The lowest BCUT2D eigenvalue weighted by atomic mass is 10.0. The number of primary amides is 1. The second-order valence-electron chi connectivity index (χ2n) is 21.8. The van der Waals surface area contributed by atoms with Crippen molar-refractivity contribution in [1.82, 2.24) is 67.3 Å². The second kappa shape index (κ2) is 33.1. The summed E-state index contributed by atoms with van der Waals surface area (Å²) in [7, 11) is 0. The summed E-state index contributed by atoms with van der Waals surface area (Å²) in [6.45, 7) is -1.15. The number of aromatic nitrogens is 3. The molecule has 2 aromatic carbocycles. The molecule has 0 unspecified atom stereocenters. The number of guanidine groups is 1. The average Bonchev–Trinajstić information content (AvgIpc) is 4.51. The number of hydrogen-bond donors (Lipinski definition) is 13. The molecule has 2 aromatic heterocycles. The van der Waals surface area contributed by atoms with Gasteiger partial charge in [0.1, 0.15) is 37.3 Å². The van der Waals surface area contributed by atoms with Gasteiger partial charge in [0.2, 0.25) is 53.2 Å². The van der Waals surface area contributed by atoms with Gasteiger partial charge in [-0.25, -0.2) is 9.78 Å². The molecular weight excluding hydrogens is 1130 g/mol. The maximum Gasteiger partial charge on any atom is 0.315 e. The van der Waals surface area contributed by atoms with Crippen LogP contribution in [-0.2, 0) is 62.4 Å². The fourth-order valence-electron chi connectivity index (χ4n) is 10.7. The SMILES string of the molecule is NC(=O)CN1CCCCNC(=O)CN(C(=O)CCCCCNC(=O)CCCC[C@@H]2SC[C@@H]3NC(=O)N[C@@H]32)CC(=O)N[C@@H](Cc2cnc[nH]2)C(=O)N[C@H](Cc2ccccc2)C(=O)N[C@@H](CCCN=C(N)N)C(=O)N[C@@H](Cc2c[nH]c3ccccc23)C1=O. The number of H-pyrrole nitrogens is 2. The molecule has 11 amide bonds. The Morgan fingerprint density at radius 1 is 0.698 bits per heavy atom. The Morgan fingerprint density at radius 3 is 2.19 bits per heavy atom. The molecule has 28 heteroatoms. The van der Waals surface area contributed by atoms with Gasteiger partial charge in [-0.15, -0.1) is 0 Å². The van der Waals surface area contributed by atoms with Crippen molar-refractivity contribution in [3.63, 3.8) is 0 Å². The molecule has 86 heavy (non-hydrogen) atoms. The molecule has 0 aliphatic carbocycles. The predicted octanol–water partition coefficient (Wildman–Crippen LogP) is -0.633. The number of unbranched alkanes of at least 4 members (excludes halogenated alkanes) is 3. The van der Waals surface area contributed by atoms with Crippen LogP contribution in [0, 0.1) is 0 Å². The Bertz CT molecular complexity index is 2990. The monoisotopic (exact) mass is 1210 g/mol. The summed E-state index contributed by atoms with van der Waals surface area (Å²) in [5, 5.41) is 23.9. The van der Waals surface area contributed by atoms with Crippen molar-refractivity contribution in [3.8, 4) is 0 Å². The van der Waals surface area contributed by atoms with Gasteiger partial charge >= 0.3 is 6.03 Å². The summed E-state index contributed by atoms with van der Waals surface area (Å²) in [6.07, 6.45) is 9.25. The Labute approximate surface area is 502 Å². The van der Waals surface area contributed by atoms with Gasteiger partial charge in [0.15, 0.2) is 5.96 Å². The van der Waals surface area contributed by atoms with E-state index < -0.39 is 91.1 Å². The molecule has 0 bridgehead atoms. The molecule has 0 saturated carbocycles. The van der Waals surface area contributed by atoms with Crippen molar-refractivity contribution in [2.45, 2.75) is 138 Å². The third-order valence-corrected chi connectivity index (χ3v) is 16.7. The van der Waals surface area contributed by atoms with Crippen LogP contribution in [0.3, 0.4) is 0 Å². The maximum absolute atomic E-state index is 14.8. The first kappa shape index (κ1) is 64.9. The van der Waals surface area contributed by atoms with Crippen molar-refractivity contribution in [3.05, 3.63) is 90.1 Å². The number of rotatable bonds is 23. The number of aromatic amines is 2. The summed E-state index contributed by atoms with van der Waals surface area (Å²) in [4.78, 5) is 154. The van der Waals surface area contributed by atoms with E-state index >= 15 is 0 Å². The number of amides is 11. The molecule has 3 aliphatic heterocycles. The van der Waals surface area contributed by atoms with Crippen LogP contribution in [0.25, 0.3) is 10.9 Å². The number of nitrogens with one attached hydrogen (secondary N) is 10. The van der Waals surface area contributed by atoms with Gasteiger partial charge in [-0.05, 0) is 68.6 Å². The number of aliphatic imine (C=N–C) groups is 1. The van der Waals surface area contributed by atoms with Gasteiger partial charge in [-0.2, -0.15) is 11.8 Å². The lowest BCUT2D eigenvalue weighted by Gasteiger charge is -2.29. The van der Waals surface area contributed by atoms with Gasteiger partial charge in [-0.1, -0.05) is 61.4 Å². The normalized spacial score (nSPS) is 22.1. The first-order valence-corrected chi connectivity index (χ1v) is 30.4. The van der Waals surface area contributed by atoms with Crippen molar-refractivity contribution in [2.75, 3.05) is 51.6 Å². The Hall–Kier alpha value is -8.69. The van der Waals surface area contributed by atoms with Gasteiger partial charge in [-0.3, -0.25) is 48.1 Å². The molecule has 0 spiro atoms. The zero-order valence-corrected chi connectivity index (χ0v) is 49.1. The van der Waals surface area contributed by atoms with Gasteiger partial charge in [0, 0.05) is 98.3 Å². The molecule has 16 N–H and O–H groups in total. The van der Waals surface area contributed by atoms with Crippen LogP contribution in [0.15, 0.2) is 78.3 Å². The van der Waals surface area contributed by atoms with Crippen LogP contribution in [0.4, 0.5) is 4.79 Å². The van der Waals surface area contributed by atoms with Crippen molar-refractivity contribution in [1.29, 1.82) is 0 Å². The molecule has 7 rings (SSSR count). The van der Waals surface area contributed by atoms with Crippen LogP contribution in [0.5, 0.6) is 0 Å². The summed E-state index contributed by atoms with van der Waals surface area (Å²) < 4.78 is 0. The van der Waals surface area contributed by atoms with E-state index in [0.717, 1.165) is 34.4 Å². The lowest BCUT2D eigenvalue weighted by molar-refractivity contribution is -0.140. The highest BCUT2D eigenvalue weighted by molar-refractivity contribution is 8.00. The van der Waals surface area contributed by atoms with Crippen LogP contribution < -0.4 is 59.7 Å². The highest BCUT2D eigenvalue weighted by Crippen LogP contribution is 2.33. The number of fused-ring (bicyclic) bond motifs is 2. The molecule has 5 heterocycles. The van der Waals surface area contributed by atoms with E-state index in [1.165, 1.54) is 17.4 Å². The minimum absolute atomic E-state index is 0.0207. The molecule has 27 nitrogen and oxygen atoms in total. The van der Waals surface area contributed by atoms with E-state index in [1.54, 1.807) is 36.5 Å². The van der Waals surface area contributed by atoms with Crippen LogP contribution in [0.2, 0.25) is 0 Å². The fraction of sp³-hybridized carbons (Fsp3) is 0.517. The number of hydrogen-bond acceptors (Lipinski definition) is 13. The minimum Gasteiger partial charge on any atom is -0.370 e. The number of urea groups is 1. The maximum atomic E-state index is 14.8. The quantitative estimate of drug-likeness (QED) is 0.0190. The Balaban J connectivity index is 1.08. The van der Waals surface area contributed by atoms with E-state index in [1.807, 2.05) is 36.0 Å². The number of nitrogens with zero attached hydrogens (tertiary/aromatic N) is 4. The Kier molecular flexibility index (Phi) is 25.0. The predicted molar refractivity (Wildman–Crippen MR) is 322 cm³/mol. The molecule has 464 valence electrons. The first-order chi connectivity index (χ1) is 41.5. The Morgan fingerprint density at radius 2 is 1.42 bits per heavy atom. The van der Waals surface area contributed by atoms with Crippen LogP contribution in [-0.4, -0.2) is 183 Å². The van der Waals surface area contributed by atoms with E-state index in [4.69, 9.17) is 17.2 Å². The zero-order chi connectivity index (χ0) is 61.4. The zero-order valence-electron chi connectivity index (χ0n) is 48.2. The highest BCUT2D eigenvalue weighted by atomic mass is 32.2. The largest absolute Gasteiger partial charge is 0.370 e. The van der Waals surface area contributed by atoms with Gasteiger partial charge in [0.05, 0.1) is 25.0 Å². The highest BCUT2D eigenvalue weighted by Gasteiger charge is 2.42. The van der Waals surface area contributed by atoms with E-state index in [-0.39, 0.29) is 101 Å². The number of thioether (sulfide) groups is 1. The lowest BCUT2D eigenvalue weighted by Crippen LogP contribution is -2.60. The van der Waals surface area contributed by atoms with E-state index in [0.29, 0.717) is 60.7 Å². The van der Waals surface area contributed by atoms with E-state index in [2.05, 4.69) is 62.5 Å². The number of benzene rings is 2. The molecule has 7 atom stereocenters. The van der Waals surface area contributed by atoms with Gasteiger partial charge < -0.3 is 79.5 Å². The van der Waals surface area contributed by atoms with Crippen LogP contribution in [0.1, 0.15) is 93.9 Å². The summed E-state index contributed by atoms with van der Waals surface area (Å²) >= 11 is 1.83. The number of imidazole rings is 1. The summed E-state index contributed by atoms with van der Waals surface area (Å²) in [6, 6.07) is 10.9. The molecule has 3 saturated heterocycles. The number of carbonyl (C=O) groups is 10. The third kappa shape index (κ3) is 20.5. The van der Waals surface area contributed by atoms with Crippen LogP contribution >= 0.6 is 11.8 Å². The number of nitrogens with two attached hydrogens (primary N) is 3. The summed E-state index contributed by atoms with van der Waals surface area (Å²) in [5.41, 5.74) is 19.4.